The van der Waals surface area contributed by atoms with Crippen LogP contribution in [-0.2, 0) is 13.0 Å². The Labute approximate surface area is 136 Å². The minimum atomic E-state index is -0.374. The molecule has 118 valence electrons. The zero-order valence-electron chi connectivity index (χ0n) is 13.1. The summed E-state index contributed by atoms with van der Waals surface area (Å²) in [6, 6.07) is 16.2. The first-order valence-electron chi connectivity index (χ1n) is 7.36. The Balaban J connectivity index is 1.81. The Morgan fingerprint density at radius 3 is 2.59 bits per heavy atom. The SMILES string of the molecule is COc1ccc(CNCC(O)Cc2ccccc2)cc1SC. The summed E-state index contributed by atoms with van der Waals surface area (Å²) in [5, 5.41) is 13.4. The molecule has 0 aliphatic carbocycles. The monoisotopic (exact) mass is 317 g/mol. The quantitative estimate of drug-likeness (QED) is 0.734. The molecule has 0 fully saturated rings. The van der Waals surface area contributed by atoms with Crippen molar-refractivity contribution in [2.45, 2.75) is 24.0 Å². The summed E-state index contributed by atoms with van der Waals surface area (Å²) >= 11 is 1.67. The number of rotatable bonds is 8. The summed E-state index contributed by atoms with van der Waals surface area (Å²) in [4.78, 5) is 1.13. The molecule has 0 saturated carbocycles. The normalized spacial score (nSPS) is 12.1. The number of ether oxygens (including phenoxy) is 1. The van der Waals surface area contributed by atoms with Crippen molar-refractivity contribution in [1.29, 1.82) is 0 Å². The zero-order valence-corrected chi connectivity index (χ0v) is 13.9. The van der Waals surface area contributed by atoms with E-state index in [1.54, 1.807) is 18.9 Å². The van der Waals surface area contributed by atoms with E-state index in [1.807, 2.05) is 42.7 Å². The van der Waals surface area contributed by atoms with Crippen LogP contribution in [0.2, 0.25) is 0 Å². The van der Waals surface area contributed by atoms with Gasteiger partial charge in [-0.25, -0.2) is 0 Å². The van der Waals surface area contributed by atoms with Gasteiger partial charge in [0.2, 0.25) is 0 Å². The number of aliphatic hydroxyl groups excluding tert-OH is 1. The van der Waals surface area contributed by atoms with Gasteiger partial charge in [0.15, 0.2) is 0 Å². The Bertz CT molecular complexity index is 575. The van der Waals surface area contributed by atoms with Crippen molar-refractivity contribution in [1.82, 2.24) is 5.32 Å². The lowest BCUT2D eigenvalue weighted by Crippen LogP contribution is -2.28. The van der Waals surface area contributed by atoms with E-state index >= 15 is 0 Å². The van der Waals surface area contributed by atoms with E-state index < -0.39 is 0 Å². The average Bonchev–Trinajstić information content (AvgIpc) is 2.55. The van der Waals surface area contributed by atoms with Crippen LogP contribution < -0.4 is 10.1 Å². The second-order valence-corrected chi connectivity index (χ2v) is 6.01. The van der Waals surface area contributed by atoms with Crippen LogP contribution >= 0.6 is 11.8 Å². The van der Waals surface area contributed by atoms with E-state index in [-0.39, 0.29) is 6.10 Å². The number of methoxy groups -OCH3 is 1. The Morgan fingerprint density at radius 2 is 1.91 bits per heavy atom. The van der Waals surface area contributed by atoms with Gasteiger partial charge in [0, 0.05) is 18.0 Å². The summed E-state index contributed by atoms with van der Waals surface area (Å²) in [5.74, 6) is 0.903. The van der Waals surface area contributed by atoms with Crippen LogP contribution in [0.3, 0.4) is 0 Å². The third-order valence-corrected chi connectivity index (χ3v) is 4.23. The third-order valence-electron chi connectivity index (χ3n) is 3.47. The van der Waals surface area contributed by atoms with Gasteiger partial charge in [0.25, 0.3) is 0 Å². The lowest BCUT2D eigenvalue weighted by molar-refractivity contribution is 0.171. The van der Waals surface area contributed by atoms with Crippen LogP contribution in [0.1, 0.15) is 11.1 Å². The second kappa shape index (κ2) is 8.83. The van der Waals surface area contributed by atoms with E-state index in [4.69, 9.17) is 4.74 Å². The van der Waals surface area contributed by atoms with Gasteiger partial charge in [0.05, 0.1) is 13.2 Å². The highest BCUT2D eigenvalue weighted by molar-refractivity contribution is 7.98. The maximum absolute atomic E-state index is 10.1. The van der Waals surface area contributed by atoms with Gasteiger partial charge in [-0.1, -0.05) is 36.4 Å². The van der Waals surface area contributed by atoms with Crippen molar-refractivity contribution in [3.05, 3.63) is 59.7 Å². The van der Waals surface area contributed by atoms with Gasteiger partial charge in [-0.3, -0.25) is 0 Å². The summed E-state index contributed by atoms with van der Waals surface area (Å²) in [6.45, 7) is 1.32. The van der Waals surface area contributed by atoms with Crippen molar-refractivity contribution in [2.75, 3.05) is 19.9 Å². The fraction of sp³-hybridized carbons (Fsp3) is 0.333. The molecule has 0 aliphatic rings. The highest BCUT2D eigenvalue weighted by Gasteiger charge is 2.06. The molecule has 0 amide bonds. The Kier molecular flexibility index (Phi) is 6.77. The molecule has 1 unspecified atom stereocenters. The molecule has 22 heavy (non-hydrogen) atoms. The van der Waals surface area contributed by atoms with Crippen LogP contribution in [0, 0.1) is 0 Å². The maximum Gasteiger partial charge on any atom is 0.132 e. The lowest BCUT2D eigenvalue weighted by Gasteiger charge is -2.13. The highest BCUT2D eigenvalue weighted by Crippen LogP contribution is 2.28. The van der Waals surface area contributed by atoms with E-state index in [0.29, 0.717) is 13.0 Å². The molecule has 3 nitrogen and oxygen atoms in total. The van der Waals surface area contributed by atoms with Crippen LogP contribution in [0.25, 0.3) is 0 Å². The maximum atomic E-state index is 10.1. The molecule has 0 spiro atoms. The van der Waals surface area contributed by atoms with Crippen molar-refractivity contribution in [3.8, 4) is 5.75 Å². The van der Waals surface area contributed by atoms with Gasteiger partial charge in [-0.05, 0) is 35.9 Å². The van der Waals surface area contributed by atoms with E-state index in [0.717, 1.165) is 22.8 Å². The van der Waals surface area contributed by atoms with Gasteiger partial charge >= 0.3 is 0 Å². The Morgan fingerprint density at radius 1 is 1.14 bits per heavy atom. The molecule has 2 rings (SSSR count). The number of hydrogen-bond acceptors (Lipinski definition) is 4. The summed E-state index contributed by atoms with van der Waals surface area (Å²) < 4.78 is 5.32. The van der Waals surface area contributed by atoms with Crippen molar-refractivity contribution >= 4 is 11.8 Å². The largest absolute Gasteiger partial charge is 0.496 e. The van der Waals surface area contributed by atoms with Gasteiger partial charge in [-0.15, -0.1) is 11.8 Å². The molecule has 2 aromatic carbocycles. The number of nitrogens with one attached hydrogen (secondary N) is 1. The fourth-order valence-electron chi connectivity index (χ4n) is 2.33. The minimum Gasteiger partial charge on any atom is -0.496 e. The number of aliphatic hydroxyl groups is 1. The molecular formula is C18H23NO2S. The molecule has 0 saturated heterocycles. The predicted molar refractivity (Wildman–Crippen MR) is 92.6 cm³/mol. The average molecular weight is 317 g/mol. The molecule has 0 bridgehead atoms. The topological polar surface area (TPSA) is 41.5 Å². The van der Waals surface area contributed by atoms with Gasteiger partial charge in [-0.2, -0.15) is 0 Å². The number of benzene rings is 2. The first-order chi connectivity index (χ1) is 10.7. The van der Waals surface area contributed by atoms with Gasteiger partial charge < -0.3 is 15.2 Å². The van der Waals surface area contributed by atoms with Crippen molar-refractivity contribution < 1.29 is 9.84 Å². The van der Waals surface area contributed by atoms with Crippen LogP contribution in [0.5, 0.6) is 5.75 Å². The first-order valence-corrected chi connectivity index (χ1v) is 8.59. The van der Waals surface area contributed by atoms with E-state index in [9.17, 15) is 5.11 Å². The number of thioether (sulfide) groups is 1. The van der Waals surface area contributed by atoms with E-state index in [1.165, 1.54) is 5.56 Å². The molecule has 0 heterocycles. The smallest absolute Gasteiger partial charge is 0.132 e. The van der Waals surface area contributed by atoms with Crippen LogP contribution in [0.4, 0.5) is 0 Å². The zero-order chi connectivity index (χ0) is 15.8. The summed E-state index contributed by atoms with van der Waals surface area (Å²) in [6.07, 6.45) is 2.34. The fourth-order valence-corrected chi connectivity index (χ4v) is 2.95. The second-order valence-electron chi connectivity index (χ2n) is 5.16. The highest BCUT2D eigenvalue weighted by atomic mass is 32.2. The predicted octanol–water partition coefficient (Wildman–Crippen LogP) is 3.11. The molecule has 0 radical (unpaired) electrons. The lowest BCUT2D eigenvalue weighted by atomic mass is 10.1. The van der Waals surface area contributed by atoms with Crippen LogP contribution in [0.15, 0.2) is 53.4 Å². The van der Waals surface area contributed by atoms with Crippen molar-refractivity contribution in [2.24, 2.45) is 0 Å². The Hall–Kier alpha value is -1.49. The van der Waals surface area contributed by atoms with Crippen molar-refractivity contribution in [3.63, 3.8) is 0 Å². The molecule has 0 aliphatic heterocycles. The summed E-state index contributed by atoms with van der Waals surface area (Å²) in [7, 11) is 1.69. The molecular weight excluding hydrogens is 294 g/mol. The minimum absolute atomic E-state index is 0.374. The van der Waals surface area contributed by atoms with Gasteiger partial charge in [0.1, 0.15) is 5.75 Å². The standard InChI is InChI=1S/C18H23NO2S/c1-21-17-9-8-15(11-18(17)22-2)12-19-13-16(20)10-14-6-4-3-5-7-14/h3-9,11,16,19-20H,10,12-13H2,1-2H3. The molecule has 0 aromatic heterocycles. The van der Waals surface area contributed by atoms with Crippen LogP contribution in [-0.4, -0.2) is 31.1 Å². The molecule has 2 aromatic rings. The molecule has 2 N–H and O–H groups in total. The molecule has 4 heteroatoms. The third kappa shape index (κ3) is 5.05. The summed E-state index contributed by atoms with van der Waals surface area (Å²) in [5.41, 5.74) is 2.35. The molecule has 1 atom stereocenters. The first kappa shape index (κ1) is 16.9. The van der Waals surface area contributed by atoms with E-state index in [2.05, 4.69) is 17.4 Å². The number of hydrogen-bond donors (Lipinski definition) is 2.